The summed E-state index contributed by atoms with van der Waals surface area (Å²) < 4.78 is 26.1. The summed E-state index contributed by atoms with van der Waals surface area (Å²) in [6.07, 6.45) is 5.91. The maximum absolute atomic E-state index is 14.2. The molecule has 3 aliphatic rings. The van der Waals surface area contributed by atoms with E-state index in [9.17, 15) is 4.39 Å². The molecule has 0 radical (unpaired) electrons. The first-order valence-electron chi connectivity index (χ1n) is 9.07. The molecule has 6 heteroatoms. The summed E-state index contributed by atoms with van der Waals surface area (Å²) in [6, 6.07) is 9.43. The molecule has 1 aliphatic carbocycles. The average Bonchev–Trinajstić information content (AvgIpc) is 3.05. The number of benzene rings is 1. The van der Waals surface area contributed by atoms with Gasteiger partial charge in [0.05, 0.1) is 0 Å². The number of ether oxygens (including phenoxy) is 2. The second kappa shape index (κ2) is 5.69. The van der Waals surface area contributed by atoms with E-state index in [2.05, 4.69) is 4.98 Å². The highest BCUT2D eigenvalue weighted by Crippen LogP contribution is 2.52. The smallest absolute Gasteiger partial charge is 0.283 e. The molecule has 3 atom stereocenters. The Bertz CT molecular complexity index is 900. The molecule has 2 unspecified atom stereocenters. The number of amidine groups is 1. The fraction of sp³-hybridized carbons (Fsp3) is 0.400. The second-order valence-electron chi connectivity index (χ2n) is 7.26. The molecule has 26 heavy (non-hydrogen) atoms. The van der Waals surface area contributed by atoms with Gasteiger partial charge in [-0.25, -0.2) is 9.98 Å². The van der Waals surface area contributed by atoms with Gasteiger partial charge in [-0.05, 0) is 49.1 Å². The third-order valence-electron chi connectivity index (χ3n) is 5.86. The summed E-state index contributed by atoms with van der Waals surface area (Å²) >= 11 is 0. The highest BCUT2D eigenvalue weighted by molar-refractivity contribution is 5.75. The van der Waals surface area contributed by atoms with E-state index < -0.39 is 11.5 Å². The molecule has 3 heterocycles. The van der Waals surface area contributed by atoms with Crippen molar-refractivity contribution in [1.29, 1.82) is 0 Å². The van der Waals surface area contributed by atoms with E-state index in [-0.39, 0.29) is 18.0 Å². The van der Waals surface area contributed by atoms with Gasteiger partial charge in [0, 0.05) is 23.2 Å². The molecule has 1 saturated carbocycles. The normalized spacial score (nSPS) is 29.3. The number of rotatable bonds is 1. The fourth-order valence-corrected chi connectivity index (χ4v) is 4.66. The molecule has 5 rings (SSSR count). The van der Waals surface area contributed by atoms with Gasteiger partial charge in [0.1, 0.15) is 24.0 Å². The van der Waals surface area contributed by atoms with Gasteiger partial charge >= 0.3 is 0 Å². The van der Waals surface area contributed by atoms with Crippen LogP contribution in [0.1, 0.15) is 31.2 Å². The first kappa shape index (κ1) is 15.6. The van der Waals surface area contributed by atoms with Crippen molar-refractivity contribution in [3.8, 4) is 16.9 Å². The number of aliphatic imine (C=N–C) groups is 1. The monoisotopic (exact) mass is 353 g/mol. The first-order chi connectivity index (χ1) is 12.7. The minimum Gasteiger partial charge on any atom is -0.490 e. The quantitative estimate of drug-likeness (QED) is 0.798. The van der Waals surface area contributed by atoms with E-state index in [1.54, 1.807) is 12.1 Å². The Morgan fingerprint density at radius 2 is 2.08 bits per heavy atom. The van der Waals surface area contributed by atoms with Crippen molar-refractivity contribution < 1.29 is 13.9 Å². The zero-order valence-corrected chi connectivity index (χ0v) is 14.3. The van der Waals surface area contributed by atoms with Crippen molar-refractivity contribution in [3.05, 3.63) is 48.0 Å². The summed E-state index contributed by atoms with van der Waals surface area (Å²) in [5.41, 5.74) is 7.52. The highest BCUT2D eigenvalue weighted by Gasteiger charge is 2.54. The maximum atomic E-state index is 14.2. The number of aromatic nitrogens is 1. The minimum atomic E-state index is -0.544. The van der Waals surface area contributed by atoms with Crippen LogP contribution in [0.4, 0.5) is 4.39 Å². The standard InChI is InChI=1S/C20H20FN3O2/c21-18-13(4-3-9-23-18)12-7-8-17-15(10-12)20(11-25-19(22)24-20)14-5-1-2-6-16(14)26-17/h3-4,7-10,14,16H,1-2,5-6,11H2,(H2,22,24)/t14-,16?,20?/m1/s1. The lowest BCUT2D eigenvalue weighted by Gasteiger charge is -2.46. The van der Waals surface area contributed by atoms with Gasteiger partial charge in [-0.3, -0.25) is 0 Å². The summed E-state index contributed by atoms with van der Waals surface area (Å²) in [7, 11) is 0. The number of hydrogen-bond donors (Lipinski definition) is 1. The van der Waals surface area contributed by atoms with Crippen LogP contribution >= 0.6 is 0 Å². The van der Waals surface area contributed by atoms with Gasteiger partial charge in [0.2, 0.25) is 5.95 Å². The largest absolute Gasteiger partial charge is 0.490 e. The molecule has 1 spiro atoms. The van der Waals surface area contributed by atoms with Crippen molar-refractivity contribution in [2.75, 3.05) is 6.61 Å². The van der Waals surface area contributed by atoms with Crippen LogP contribution in [-0.4, -0.2) is 23.7 Å². The fourth-order valence-electron chi connectivity index (χ4n) is 4.66. The van der Waals surface area contributed by atoms with E-state index in [0.29, 0.717) is 12.2 Å². The third-order valence-corrected chi connectivity index (χ3v) is 5.86. The minimum absolute atomic E-state index is 0.121. The summed E-state index contributed by atoms with van der Waals surface area (Å²) in [5, 5.41) is 0. The zero-order chi connectivity index (χ0) is 17.7. The molecule has 2 N–H and O–H groups in total. The molecule has 0 bridgehead atoms. The third kappa shape index (κ3) is 2.21. The first-order valence-corrected chi connectivity index (χ1v) is 9.07. The van der Waals surface area contributed by atoms with Crippen molar-refractivity contribution in [2.24, 2.45) is 16.6 Å². The molecule has 0 saturated heterocycles. The van der Waals surface area contributed by atoms with E-state index in [0.717, 1.165) is 42.6 Å². The van der Waals surface area contributed by atoms with Crippen LogP contribution in [0.5, 0.6) is 5.75 Å². The molecule has 134 valence electrons. The van der Waals surface area contributed by atoms with Gasteiger partial charge in [-0.15, -0.1) is 0 Å². The number of nitrogens with two attached hydrogens (primary N) is 1. The van der Waals surface area contributed by atoms with Gasteiger partial charge in [0.15, 0.2) is 0 Å². The number of hydrogen-bond acceptors (Lipinski definition) is 5. The van der Waals surface area contributed by atoms with Crippen molar-refractivity contribution >= 4 is 6.02 Å². The lowest BCUT2D eigenvalue weighted by molar-refractivity contribution is 0.00745. The Labute approximate surface area is 151 Å². The Balaban J connectivity index is 1.69. The SMILES string of the molecule is NC1=NC2(CO1)c1cc(-c3cccnc3F)ccc1OC1CCCC[C@H]12. The molecule has 2 aliphatic heterocycles. The van der Waals surface area contributed by atoms with Gasteiger partial charge < -0.3 is 15.2 Å². The predicted molar refractivity (Wildman–Crippen MR) is 95.3 cm³/mol. The molecular weight excluding hydrogens is 333 g/mol. The Morgan fingerprint density at radius 3 is 2.88 bits per heavy atom. The molecule has 1 fully saturated rings. The number of fused-ring (bicyclic) bond motifs is 4. The van der Waals surface area contributed by atoms with Gasteiger partial charge in [-0.2, -0.15) is 4.39 Å². The maximum Gasteiger partial charge on any atom is 0.283 e. The summed E-state index contributed by atoms with van der Waals surface area (Å²) in [6.45, 7) is 0.412. The van der Waals surface area contributed by atoms with E-state index in [1.807, 2.05) is 18.2 Å². The Hall–Kier alpha value is -2.63. The van der Waals surface area contributed by atoms with Crippen molar-refractivity contribution in [3.63, 3.8) is 0 Å². The Morgan fingerprint density at radius 1 is 1.19 bits per heavy atom. The predicted octanol–water partition coefficient (Wildman–Crippen LogP) is 3.38. The lowest BCUT2D eigenvalue weighted by atomic mass is 9.68. The summed E-state index contributed by atoms with van der Waals surface area (Å²) in [4.78, 5) is 8.51. The molecule has 0 amide bonds. The van der Waals surface area contributed by atoms with Crippen LogP contribution in [0, 0.1) is 11.9 Å². The Kier molecular flexibility index (Phi) is 3.42. The zero-order valence-electron chi connectivity index (χ0n) is 14.3. The highest BCUT2D eigenvalue weighted by atomic mass is 19.1. The van der Waals surface area contributed by atoms with Crippen LogP contribution in [-0.2, 0) is 10.3 Å². The van der Waals surface area contributed by atoms with E-state index >= 15 is 0 Å². The van der Waals surface area contributed by atoms with Crippen LogP contribution in [0.3, 0.4) is 0 Å². The topological polar surface area (TPSA) is 69.7 Å². The van der Waals surface area contributed by atoms with E-state index in [4.69, 9.17) is 20.2 Å². The van der Waals surface area contributed by atoms with Crippen molar-refractivity contribution in [2.45, 2.75) is 37.3 Å². The second-order valence-corrected chi connectivity index (χ2v) is 7.26. The summed E-state index contributed by atoms with van der Waals surface area (Å²) in [5.74, 6) is 0.529. The average molecular weight is 353 g/mol. The van der Waals surface area contributed by atoms with Crippen LogP contribution in [0.25, 0.3) is 11.1 Å². The number of nitrogens with zero attached hydrogens (tertiary/aromatic N) is 2. The van der Waals surface area contributed by atoms with Crippen LogP contribution in [0.2, 0.25) is 0 Å². The molecule has 1 aromatic carbocycles. The number of halogens is 1. The van der Waals surface area contributed by atoms with Gasteiger partial charge in [0.25, 0.3) is 6.02 Å². The van der Waals surface area contributed by atoms with Gasteiger partial charge in [-0.1, -0.05) is 12.5 Å². The van der Waals surface area contributed by atoms with Crippen LogP contribution in [0.15, 0.2) is 41.5 Å². The van der Waals surface area contributed by atoms with E-state index in [1.165, 1.54) is 6.20 Å². The van der Waals surface area contributed by atoms with Crippen LogP contribution < -0.4 is 10.5 Å². The lowest BCUT2D eigenvalue weighted by Crippen LogP contribution is -2.49. The number of pyridine rings is 1. The molecule has 1 aromatic heterocycles. The van der Waals surface area contributed by atoms with Crippen molar-refractivity contribution in [1.82, 2.24) is 4.98 Å². The molecular formula is C20H20FN3O2. The molecule has 5 nitrogen and oxygen atoms in total. The molecule has 2 aromatic rings.